The molecule has 8 rings (SSSR count). The second-order valence-electron chi connectivity index (χ2n) is 13.1. The number of imidazole rings is 1. The molecule has 0 saturated carbocycles. The predicted octanol–water partition coefficient (Wildman–Crippen LogP) is 2.19. The van der Waals surface area contributed by atoms with Crippen molar-refractivity contribution in [1.29, 1.82) is 0 Å². The number of hydrogen-bond acceptors (Lipinski definition) is 1. The molecule has 1 heterocycles. The van der Waals surface area contributed by atoms with Crippen LogP contribution in [0.5, 0.6) is 0 Å². The van der Waals surface area contributed by atoms with Crippen molar-refractivity contribution < 1.29 is 0 Å². The van der Waals surface area contributed by atoms with Gasteiger partial charge in [0, 0.05) is 12.0 Å². The Balaban J connectivity index is 1.56. The van der Waals surface area contributed by atoms with Crippen molar-refractivity contribution in [2.75, 3.05) is 0 Å². The third-order valence-corrected chi connectivity index (χ3v) is 10.7. The van der Waals surface area contributed by atoms with Gasteiger partial charge in [0.05, 0.1) is 16.7 Å². The molecule has 0 N–H and O–H groups in total. The van der Waals surface area contributed by atoms with Gasteiger partial charge in [0.15, 0.2) is 0 Å². The van der Waals surface area contributed by atoms with Crippen LogP contribution in [0, 0.1) is 0 Å². The number of nitrogens with zero attached hydrogens (tertiary/aromatic N) is 2. The van der Waals surface area contributed by atoms with Crippen LogP contribution in [0.1, 0.15) is 12.7 Å². The molecular formula is C41H35B5N2. The number of aryl methyl sites for hydroxylation is 1. The SMILES string of the molecule is Bc1c(B)c(B)c(-c2c3ccccc3c(-c3ccccc3-n3c(CC)nc4ccccc43)c3ccc(-c4ccccc4)cc23)c(B)c1B. The number of aromatic nitrogens is 2. The van der Waals surface area contributed by atoms with Crippen molar-refractivity contribution in [3.05, 3.63) is 127 Å². The van der Waals surface area contributed by atoms with E-state index in [1.807, 2.05) is 0 Å². The van der Waals surface area contributed by atoms with Gasteiger partial charge in [-0.1, -0.05) is 115 Å². The standard InChI is InChI=1S/C41H35B5N2/c1-2-33-47-30-17-9-11-19-32(30)48(33)31-18-10-8-16-28(31)34-25-14-6-7-15-26(25)35(36-37(42)39(44)41(46)40(45)38(36)43)29-22-24(20-21-27(29)34)23-12-4-3-5-13-23/h3-22H,2,42-46H2,1H3. The molecule has 8 aromatic rings. The molecule has 0 bridgehead atoms. The number of hydrogen-bond donors (Lipinski definition) is 0. The van der Waals surface area contributed by atoms with Crippen LogP contribution in [-0.4, -0.2) is 48.8 Å². The van der Waals surface area contributed by atoms with Crippen molar-refractivity contribution >= 4 is 99.1 Å². The Kier molecular flexibility index (Phi) is 7.44. The van der Waals surface area contributed by atoms with Crippen LogP contribution in [0.2, 0.25) is 0 Å². The summed E-state index contributed by atoms with van der Waals surface area (Å²) in [5.41, 5.74) is 17.8. The highest BCUT2D eigenvalue weighted by atomic mass is 15.1. The highest BCUT2D eigenvalue weighted by Crippen LogP contribution is 2.45. The Morgan fingerprint density at radius 1 is 0.500 bits per heavy atom. The summed E-state index contributed by atoms with van der Waals surface area (Å²) in [5, 5.41) is 5.07. The van der Waals surface area contributed by atoms with E-state index >= 15 is 0 Å². The first-order valence-corrected chi connectivity index (χ1v) is 17.1. The smallest absolute Gasteiger partial charge is 0.139 e. The van der Waals surface area contributed by atoms with Crippen molar-refractivity contribution in [3.63, 3.8) is 0 Å². The predicted molar refractivity (Wildman–Crippen MR) is 223 cm³/mol. The molecule has 2 nitrogen and oxygen atoms in total. The van der Waals surface area contributed by atoms with Gasteiger partial charge in [-0.25, -0.2) is 4.98 Å². The Morgan fingerprint density at radius 2 is 1.08 bits per heavy atom. The first kappa shape index (κ1) is 30.2. The molecule has 224 valence electrons. The van der Waals surface area contributed by atoms with E-state index in [1.54, 1.807) is 0 Å². The van der Waals surface area contributed by atoms with Crippen LogP contribution in [0.3, 0.4) is 0 Å². The van der Waals surface area contributed by atoms with E-state index in [2.05, 4.69) is 172 Å². The van der Waals surface area contributed by atoms with Gasteiger partial charge in [0.2, 0.25) is 0 Å². The number of fused-ring (bicyclic) bond motifs is 3. The summed E-state index contributed by atoms with van der Waals surface area (Å²) in [6.07, 6.45) is 0.842. The van der Waals surface area contributed by atoms with Gasteiger partial charge in [-0.05, 0) is 73.6 Å². The molecule has 7 heteroatoms. The maximum absolute atomic E-state index is 5.07. The third kappa shape index (κ3) is 4.59. The van der Waals surface area contributed by atoms with Gasteiger partial charge >= 0.3 is 0 Å². The minimum absolute atomic E-state index is 0.842. The molecule has 0 aliphatic carbocycles. The Morgan fingerprint density at radius 3 is 1.81 bits per heavy atom. The molecule has 0 saturated heterocycles. The molecule has 0 spiro atoms. The molecular weight excluding hydrogens is 575 g/mol. The van der Waals surface area contributed by atoms with Crippen molar-refractivity contribution in [3.8, 4) is 39.1 Å². The average molecular weight is 610 g/mol. The molecule has 0 fully saturated rings. The molecule has 0 atom stereocenters. The van der Waals surface area contributed by atoms with E-state index in [9.17, 15) is 0 Å². The third-order valence-electron chi connectivity index (χ3n) is 10.7. The second kappa shape index (κ2) is 11.8. The van der Waals surface area contributed by atoms with Crippen LogP contribution in [0.25, 0.3) is 71.6 Å². The van der Waals surface area contributed by atoms with E-state index in [1.165, 1.54) is 82.2 Å². The zero-order chi connectivity index (χ0) is 33.1. The first-order chi connectivity index (χ1) is 23.4. The molecule has 0 radical (unpaired) electrons. The van der Waals surface area contributed by atoms with Crippen LogP contribution < -0.4 is 27.3 Å². The largest absolute Gasteiger partial charge is 0.296 e. The zero-order valence-corrected chi connectivity index (χ0v) is 28.6. The van der Waals surface area contributed by atoms with Crippen molar-refractivity contribution in [2.45, 2.75) is 13.3 Å². The fourth-order valence-electron chi connectivity index (χ4n) is 7.88. The number of benzene rings is 7. The summed E-state index contributed by atoms with van der Waals surface area (Å²) in [6.45, 7) is 2.20. The minimum atomic E-state index is 0.842. The quantitative estimate of drug-likeness (QED) is 0.216. The summed E-state index contributed by atoms with van der Waals surface area (Å²) in [4.78, 5) is 5.07. The van der Waals surface area contributed by atoms with E-state index in [-0.39, 0.29) is 0 Å². The fraction of sp³-hybridized carbons (Fsp3) is 0.0488. The van der Waals surface area contributed by atoms with Gasteiger partial charge in [0.25, 0.3) is 0 Å². The Hall–Kier alpha value is -5.15. The van der Waals surface area contributed by atoms with Gasteiger partial charge in [0.1, 0.15) is 45.1 Å². The van der Waals surface area contributed by atoms with Gasteiger partial charge in [-0.15, -0.1) is 16.4 Å². The molecule has 7 aromatic carbocycles. The molecule has 0 unspecified atom stereocenters. The van der Waals surface area contributed by atoms with Gasteiger partial charge in [-0.2, -0.15) is 0 Å². The van der Waals surface area contributed by atoms with Crippen LogP contribution >= 0.6 is 0 Å². The van der Waals surface area contributed by atoms with Gasteiger partial charge in [-0.3, -0.25) is 4.57 Å². The Bertz CT molecular complexity index is 2530. The maximum Gasteiger partial charge on any atom is 0.139 e. The molecule has 1 aromatic heterocycles. The van der Waals surface area contributed by atoms with Crippen LogP contribution in [-0.2, 0) is 6.42 Å². The van der Waals surface area contributed by atoms with E-state index in [0.717, 1.165) is 29.0 Å². The normalized spacial score (nSPS) is 11.5. The van der Waals surface area contributed by atoms with Gasteiger partial charge < -0.3 is 0 Å². The lowest BCUT2D eigenvalue weighted by Gasteiger charge is -2.25. The van der Waals surface area contributed by atoms with E-state index < -0.39 is 0 Å². The van der Waals surface area contributed by atoms with Crippen LogP contribution in [0.4, 0.5) is 0 Å². The highest BCUT2D eigenvalue weighted by molar-refractivity contribution is 6.69. The van der Waals surface area contributed by atoms with Crippen molar-refractivity contribution in [1.82, 2.24) is 9.55 Å². The summed E-state index contributed by atoms with van der Waals surface area (Å²) in [5.74, 6) is 1.07. The maximum atomic E-state index is 5.07. The zero-order valence-electron chi connectivity index (χ0n) is 28.6. The molecule has 48 heavy (non-hydrogen) atoms. The molecule has 0 amide bonds. The minimum Gasteiger partial charge on any atom is -0.296 e. The first-order valence-electron chi connectivity index (χ1n) is 17.1. The van der Waals surface area contributed by atoms with E-state index in [4.69, 9.17) is 4.98 Å². The average Bonchev–Trinajstić information content (AvgIpc) is 3.52. The highest BCUT2D eigenvalue weighted by Gasteiger charge is 2.23. The monoisotopic (exact) mass is 610 g/mol. The molecule has 0 aliphatic rings. The van der Waals surface area contributed by atoms with Crippen molar-refractivity contribution in [2.24, 2.45) is 0 Å². The lowest BCUT2D eigenvalue weighted by Crippen LogP contribution is -2.55. The summed E-state index contributed by atoms with van der Waals surface area (Å²) < 4.78 is 2.37. The number of para-hydroxylation sites is 3. The topological polar surface area (TPSA) is 17.8 Å². The summed E-state index contributed by atoms with van der Waals surface area (Å²) >= 11 is 0. The lowest BCUT2D eigenvalue weighted by molar-refractivity contribution is 0.909. The summed E-state index contributed by atoms with van der Waals surface area (Å²) in [6, 6.07) is 44.3. The number of rotatable bonds is 5. The lowest BCUT2D eigenvalue weighted by atomic mass is 9.59. The second-order valence-corrected chi connectivity index (χ2v) is 13.1. The fourth-order valence-corrected chi connectivity index (χ4v) is 7.88. The van der Waals surface area contributed by atoms with Crippen LogP contribution in [0.15, 0.2) is 121 Å². The Labute approximate surface area is 287 Å². The van der Waals surface area contributed by atoms with E-state index in [0.29, 0.717) is 0 Å². The summed E-state index contributed by atoms with van der Waals surface area (Å²) in [7, 11) is 11.5. The molecule has 0 aliphatic heterocycles.